The number of esters is 1. The number of nitro groups is 1. The number of carbonyl (C=O) groups is 3. The summed E-state index contributed by atoms with van der Waals surface area (Å²) in [5, 5.41) is 12.7. The standard InChI is InChI=1S/C24H17N3O6/c1-15-10-12-16(13-11-15)24(30)33-21-17(6-5-9-20(21)27(31)32)14-19-22(28)25-26(23(19)29)18-7-3-2-4-8-18/h2-14H,1H3,(H,25,28)/b19-14-. The number of nitro benzene ring substituents is 1. The van der Waals surface area contributed by atoms with Gasteiger partial charge in [0.25, 0.3) is 11.8 Å². The van der Waals surface area contributed by atoms with E-state index in [0.717, 1.165) is 10.6 Å². The van der Waals surface area contributed by atoms with E-state index in [4.69, 9.17) is 4.74 Å². The average Bonchev–Trinajstić information content (AvgIpc) is 3.09. The Bertz CT molecular complexity index is 1300. The van der Waals surface area contributed by atoms with Gasteiger partial charge in [-0.25, -0.2) is 9.80 Å². The van der Waals surface area contributed by atoms with Crippen LogP contribution in [0.4, 0.5) is 11.4 Å². The Kier molecular flexibility index (Phi) is 5.69. The van der Waals surface area contributed by atoms with Crippen LogP contribution in [0.15, 0.2) is 78.4 Å². The van der Waals surface area contributed by atoms with Crippen LogP contribution < -0.4 is 15.2 Å². The fourth-order valence-electron chi connectivity index (χ4n) is 3.22. The average molecular weight is 443 g/mol. The summed E-state index contributed by atoms with van der Waals surface area (Å²) in [6, 6.07) is 18.9. The van der Waals surface area contributed by atoms with Crippen LogP contribution in [0.2, 0.25) is 0 Å². The van der Waals surface area contributed by atoms with Crippen molar-refractivity contribution in [2.45, 2.75) is 6.92 Å². The zero-order valence-corrected chi connectivity index (χ0v) is 17.3. The molecule has 1 saturated heterocycles. The number of hydrogen-bond donors (Lipinski definition) is 1. The molecule has 9 heteroatoms. The molecule has 1 fully saturated rings. The van der Waals surface area contributed by atoms with Crippen LogP contribution in [0.5, 0.6) is 5.75 Å². The van der Waals surface area contributed by atoms with Gasteiger partial charge >= 0.3 is 11.7 Å². The highest BCUT2D eigenvalue weighted by atomic mass is 16.6. The minimum Gasteiger partial charge on any atom is -0.415 e. The highest BCUT2D eigenvalue weighted by molar-refractivity contribution is 6.31. The molecule has 0 saturated carbocycles. The van der Waals surface area contributed by atoms with Gasteiger partial charge in [-0.1, -0.05) is 48.0 Å². The summed E-state index contributed by atoms with van der Waals surface area (Å²) >= 11 is 0. The molecule has 0 unspecified atom stereocenters. The van der Waals surface area contributed by atoms with Crippen molar-refractivity contribution in [3.05, 3.63) is 105 Å². The van der Waals surface area contributed by atoms with Crippen molar-refractivity contribution in [2.75, 3.05) is 5.01 Å². The molecule has 3 aromatic carbocycles. The fraction of sp³-hybridized carbons (Fsp3) is 0.0417. The van der Waals surface area contributed by atoms with Crippen LogP contribution >= 0.6 is 0 Å². The van der Waals surface area contributed by atoms with Crippen LogP contribution in [0, 0.1) is 17.0 Å². The number of hydrazine groups is 1. The molecule has 4 rings (SSSR count). The van der Waals surface area contributed by atoms with Gasteiger partial charge in [0.15, 0.2) is 0 Å². The second-order valence-electron chi connectivity index (χ2n) is 7.18. The first-order chi connectivity index (χ1) is 15.8. The topological polar surface area (TPSA) is 119 Å². The van der Waals surface area contributed by atoms with Crippen molar-refractivity contribution in [1.82, 2.24) is 5.43 Å². The summed E-state index contributed by atoms with van der Waals surface area (Å²) in [6.45, 7) is 1.85. The van der Waals surface area contributed by atoms with E-state index >= 15 is 0 Å². The van der Waals surface area contributed by atoms with Crippen molar-refractivity contribution < 1.29 is 24.0 Å². The van der Waals surface area contributed by atoms with Gasteiger partial charge in [0, 0.05) is 11.6 Å². The molecule has 0 aromatic heterocycles. The van der Waals surface area contributed by atoms with Crippen molar-refractivity contribution >= 4 is 35.2 Å². The van der Waals surface area contributed by atoms with Gasteiger partial charge in [0.1, 0.15) is 5.57 Å². The largest absolute Gasteiger partial charge is 0.415 e. The number of para-hydroxylation sites is 2. The fourth-order valence-corrected chi connectivity index (χ4v) is 3.22. The number of aryl methyl sites for hydroxylation is 1. The minimum atomic E-state index is -0.808. The Hall–Kier alpha value is -4.79. The summed E-state index contributed by atoms with van der Waals surface area (Å²) < 4.78 is 5.37. The van der Waals surface area contributed by atoms with Gasteiger partial charge in [-0.15, -0.1) is 0 Å². The number of nitrogens with one attached hydrogen (secondary N) is 1. The molecule has 1 aliphatic heterocycles. The Morgan fingerprint density at radius 1 is 1.00 bits per heavy atom. The first-order valence-corrected chi connectivity index (χ1v) is 9.83. The number of benzene rings is 3. The molecule has 0 spiro atoms. The molecular formula is C24H17N3O6. The van der Waals surface area contributed by atoms with E-state index in [2.05, 4.69) is 5.43 Å². The predicted molar refractivity (Wildman–Crippen MR) is 119 cm³/mol. The number of nitrogens with zero attached hydrogens (tertiary/aromatic N) is 2. The molecule has 3 aromatic rings. The van der Waals surface area contributed by atoms with E-state index < -0.39 is 28.4 Å². The maximum Gasteiger partial charge on any atom is 0.343 e. The molecule has 0 atom stereocenters. The maximum absolute atomic E-state index is 12.9. The molecule has 164 valence electrons. The number of anilines is 1. The first kappa shape index (κ1) is 21.4. The quantitative estimate of drug-likeness (QED) is 0.161. The Morgan fingerprint density at radius 3 is 2.36 bits per heavy atom. The lowest BCUT2D eigenvalue weighted by Crippen LogP contribution is -2.35. The first-order valence-electron chi connectivity index (χ1n) is 9.83. The van der Waals surface area contributed by atoms with E-state index in [-0.39, 0.29) is 22.4 Å². The van der Waals surface area contributed by atoms with Crippen molar-refractivity contribution in [3.63, 3.8) is 0 Å². The Labute approximate surface area is 188 Å². The third-order valence-electron chi connectivity index (χ3n) is 4.91. The SMILES string of the molecule is Cc1ccc(C(=O)Oc2c(/C=C3/C(=O)NN(c4ccccc4)C3=O)cccc2[N+](=O)[O-])cc1. The smallest absolute Gasteiger partial charge is 0.343 e. The molecule has 1 heterocycles. The third kappa shape index (κ3) is 4.33. The third-order valence-corrected chi connectivity index (χ3v) is 4.91. The van der Waals surface area contributed by atoms with Gasteiger partial charge in [-0.3, -0.25) is 25.1 Å². The molecule has 0 radical (unpaired) electrons. The lowest BCUT2D eigenvalue weighted by atomic mass is 10.1. The van der Waals surface area contributed by atoms with Gasteiger partial charge in [0.05, 0.1) is 16.2 Å². The molecule has 1 N–H and O–H groups in total. The van der Waals surface area contributed by atoms with Crippen LogP contribution in [0.25, 0.3) is 6.08 Å². The number of rotatable bonds is 5. The van der Waals surface area contributed by atoms with Gasteiger partial charge in [-0.2, -0.15) is 0 Å². The molecule has 0 bridgehead atoms. The second-order valence-corrected chi connectivity index (χ2v) is 7.18. The summed E-state index contributed by atoms with van der Waals surface area (Å²) in [7, 11) is 0. The van der Waals surface area contributed by atoms with E-state index in [9.17, 15) is 24.5 Å². The number of hydrogen-bond acceptors (Lipinski definition) is 6. The maximum atomic E-state index is 12.9. The highest BCUT2D eigenvalue weighted by Crippen LogP contribution is 2.34. The summed E-state index contributed by atoms with van der Waals surface area (Å²) in [6.07, 6.45) is 1.17. The van der Waals surface area contributed by atoms with Crippen LogP contribution in [0.1, 0.15) is 21.5 Å². The lowest BCUT2D eigenvalue weighted by Gasteiger charge is -2.14. The van der Waals surface area contributed by atoms with Crippen LogP contribution in [0.3, 0.4) is 0 Å². The van der Waals surface area contributed by atoms with Gasteiger partial charge < -0.3 is 4.74 Å². The van der Waals surface area contributed by atoms with Crippen LogP contribution in [-0.2, 0) is 9.59 Å². The molecule has 9 nitrogen and oxygen atoms in total. The molecule has 0 aliphatic carbocycles. The number of carbonyl (C=O) groups excluding carboxylic acids is 3. The minimum absolute atomic E-state index is 0.0399. The Morgan fingerprint density at radius 2 is 1.70 bits per heavy atom. The number of ether oxygens (including phenoxy) is 1. The highest BCUT2D eigenvalue weighted by Gasteiger charge is 2.35. The molecule has 2 amide bonds. The van der Waals surface area contributed by atoms with Gasteiger partial charge in [0.2, 0.25) is 5.75 Å². The van der Waals surface area contributed by atoms with E-state index in [1.54, 1.807) is 42.5 Å². The molecular weight excluding hydrogens is 426 g/mol. The Balaban J connectivity index is 1.73. The molecule has 1 aliphatic rings. The molecule has 33 heavy (non-hydrogen) atoms. The monoisotopic (exact) mass is 443 g/mol. The lowest BCUT2D eigenvalue weighted by molar-refractivity contribution is -0.385. The second kappa shape index (κ2) is 8.75. The predicted octanol–water partition coefficient (Wildman–Crippen LogP) is 3.58. The van der Waals surface area contributed by atoms with E-state index in [1.807, 2.05) is 6.92 Å². The van der Waals surface area contributed by atoms with Crippen molar-refractivity contribution in [2.24, 2.45) is 0 Å². The number of amides is 2. The van der Waals surface area contributed by atoms with Crippen LogP contribution in [-0.4, -0.2) is 22.7 Å². The normalized spacial score (nSPS) is 14.3. The van der Waals surface area contributed by atoms with E-state index in [1.165, 1.54) is 36.4 Å². The summed E-state index contributed by atoms with van der Waals surface area (Å²) in [4.78, 5) is 48.9. The van der Waals surface area contributed by atoms with Crippen molar-refractivity contribution in [3.8, 4) is 5.75 Å². The van der Waals surface area contributed by atoms with Gasteiger partial charge in [-0.05, 0) is 37.3 Å². The zero-order chi connectivity index (χ0) is 23.5. The van der Waals surface area contributed by atoms with Crippen molar-refractivity contribution in [1.29, 1.82) is 0 Å². The van der Waals surface area contributed by atoms with E-state index in [0.29, 0.717) is 5.69 Å². The summed E-state index contributed by atoms with van der Waals surface area (Å²) in [5.74, 6) is -2.50. The summed E-state index contributed by atoms with van der Waals surface area (Å²) in [5.41, 5.74) is 3.33. The zero-order valence-electron chi connectivity index (χ0n) is 17.3.